The number of hydrogen-bond acceptors (Lipinski definition) is 10. The van der Waals surface area contributed by atoms with Crippen LogP contribution in [0.15, 0.2) is 59.4 Å². The number of amides is 1. The number of aromatic hydroxyl groups is 1. The highest BCUT2D eigenvalue weighted by molar-refractivity contribution is 6.24. The van der Waals surface area contributed by atoms with Gasteiger partial charge < -0.3 is 31.1 Å². The molecule has 6 N–H and O–H groups in total. The molecule has 3 aliphatic carbocycles. The van der Waals surface area contributed by atoms with Gasteiger partial charge in [-0.1, -0.05) is 24.3 Å². The number of benzene rings is 2. The second-order valence-corrected chi connectivity index (χ2v) is 12.2. The van der Waals surface area contributed by atoms with Gasteiger partial charge in [0.05, 0.1) is 11.6 Å². The van der Waals surface area contributed by atoms with E-state index < -0.39 is 58.0 Å². The summed E-state index contributed by atoms with van der Waals surface area (Å²) in [6.45, 7) is 3.90. The Balaban J connectivity index is 1.35. The first-order valence-corrected chi connectivity index (χ1v) is 14.5. The second-order valence-electron chi connectivity index (χ2n) is 12.2. The third kappa shape index (κ3) is 4.41. The predicted molar refractivity (Wildman–Crippen MR) is 158 cm³/mol. The number of nitrogens with two attached hydrogens (primary N) is 1. The van der Waals surface area contributed by atoms with Crippen molar-refractivity contribution in [1.82, 2.24) is 9.80 Å². The van der Waals surface area contributed by atoms with Crippen molar-refractivity contribution in [3.63, 3.8) is 0 Å². The van der Waals surface area contributed by atoms with E-state index in [1.165, 1.54) is 16.7 Å². The van der Waals surface area contributed by atoms with Crippen molar-refractivity contribution in [2.45, 2.75) is 31.0 Å². The number of likely N-dealkylation sites (N-methyl/N-ethyl adjacent to an activating group) is 1. The number of hydrogen-bond donors (Lipinski definition) is 5. The quantitative estimate of drug-likeness (QED) is 0.321. The van der Waals surface area contributed by atoms with Crippen LogP contribution in [0.2, 0.25) is 0 Å². The van der Waals surface area contributed by atoms with E-state index in [1.807, 2.05) is 24.3 Å². The molecular formula is C32H36N4O7. The molecule has 1 heterocycles. The number of aliphatic hydroxyl groups excluding tert-OH is 2. The number of phenols is 1. The zero-order valence-corrected chi connectivity index (χ0v) is 24.2. The average Bonchev–Trinajstić information content (AvgIpc) is 2.97. The Hall–Kier alpha value is -4.19. The van der Waals surface area contributed by atoms with Gasteiger partial charge in [0, 0.05) is 49.9 Å². The second kappa shape index (κ2) is 10.5. The molecule has 2 fully saturated rings. The molecule has 1 aliphatic heterocycles. The van der Waals surface area contributed by atoms with Crippen molar-refractivity contribution >= 4 is 28.9 Å². The lowest BCUT2D eigenvalue weighted by Gasteiger charge is -2.50. The highest BCUT2D eigenvalue weighted by Gasteiger charge is 2.64. The smallest absolute Gasteiger partial charge is 0.255 e. The topological polar surface area (TPSA) is 168 Å². The van der Waals surface area contributed by atoms with Crippen LogP contribution in [0.3, 0.4) is 0 Å². The maximum absolute atomic E-state index is 14.0. The molecule has 1 saturated carbocycles. The van der Waals surface area contributed by atoms with Crippen LogP contribution in [0, 0.1) is 11.8 Å². The Labute approximate surface area is 249 Å². The summed E-state index contributed by atoms with van der Waals surface area (Å²) in [5.41, 5.74) is 4.69. The molecule has 1 amide bonds. The van der Waals surface area contributed by atoms with E-state index in [2.05, 4.69) is 21.9 Å². The number of Topliss-reactive ketones (excluding diaryl/α,β-unsaturated/α-hetero) is 2. The van der Waals surface area contributed by atoms with Crippen LogP contribution >= 0.6 is 0 Å². The molecule has 0 aromatic heterocycles. The van der Waals surface area contributed by atoms with Gasteiger partial charge in [-0.25, -0.2) is 0 Å². The zero-order valence-electron chi connectivity index (χ0n) is 24.2. The summed E-state index contributed by atoms with van der Waals surface area (Å²) in [4.78, 5) is 45.6. The minimum absolute atomic E-state index is 0.0661. The van der Waals surface area contributed by atoms with Crippen LogP contribution in [0.1, 0.15) is 23.1 Å². The van der Waals surface area contributed by atoms with E-state index in [4.69, 9.17) is 5.73 Å². The molecule has 43 heavy (non-hydrogen) atoms. The number of rotatable bonds is 5. The van der Waals surface area contributed by atoms with Crippen molar-refractivity contribution in [2.75, 3.05) is 45.2 Å². The standard InChI is InChI=1S/C32H36N4O7/c1-34(2)26-21-15-18-14-20-17(16-35-10-12-36(13-11-35)19-6-4-3-5-7-19)8-9-22(37)24(20)27(38)23(18)29(40)32(21,43)30(41)25(28(26)39)31(33)42/h3-9,18,21,26,37-38,41,43H,10-16H2,1-2H3,(H2,33,42)/t18-,21-,26-,32-/m0/s1. The molecular weight excluding hydrogens is 552 g/mol. The molecule has 2 aromatic rings. The third-order valence-corrected chi connectivity index (χ3v) is 9.59. The summed E-state index contributed by atoms with van der Waals surface area (Å²) in [7, 11) is 3.17. The normalized spacial score (nSPS) is 27.7. The van der Waals surface area contributed by atoms with Gasteiger partial charge in [-0.15, -0.1) is 0 Å². The van der Waals surface area contributed by atoms with Crippen molar-refractivity contribution in [1.29, 1.82) is 0 Å². The number of piperazine rings is 1. The first-order valence-electron chi connectivity index (χ1n) is 14.5. The monoisotopic (exact) mass is 588 g/mol. The number of nitrogens with zero attached hydrogens (tertiary/aromatic N) is 3. The van der Waals surface area contributed by atoms with Gasteiger partial charge in [-0.05, 0) is 62.2 Å². The van der Waals surface area contributed by atoms with Gasteiger partial charge in [0.25, 0.3) is 5.91 Å². The van der Waals surface area contributed by atoms with Crippen molar-refractivity contribution in [2.24, 2.45) is 17.6 Å². The van der Waals surface area contributed by atoms with Gasteiger partial charge in [-0.3, -0.25) is 24.2 Å². The lowest BCUT2D eigenvalue weighted by molar-refractivity contribution is -0.153. The fourth-order valence-corrected chi connectivity index (χ4v) is 7.50. The van der Waals surface area contributed by atoms with Crippen LogP contribution in [-0.2, 0) is 27.3 Å². The number of carbonyl (C=O) groups is 3. The summed E-state index contributed by atoms with van der Waals surface area (Å²) < 4.78 is 0. The molecule has 2 aromatic carbocycles. The third-order valence-electron chi connectivity index (χ3n) is 9.59. The molecule has 0 unspecified atom stereocenters. The van der Waals surface area contributed by atoms with Crippen LogP contribution < -0.4 is 10.6 Å². The van der Waals surface area contributed by atoms with Gasteiger partial charge >= 0.3 is 0 Å². The molecule has 226 valence electrons. The first kappa shape index (κ1) is 28.9. The summed E-state index contributed by atoms with van der Waals surface area (Å²) in [5.74, 6) is -6.48. The van der Waals surface area contributed by atoms with Crippen LogP contribution in [-0.4, -0.2) is 99.6 Å². The number of ketones is 2. The van der Waals surface area contributed by atoms with Crippen LogP contribution in [0.4, 0.5) is 5.69 Å². The Kier molecular flexibility index (Phi) is 7.07. The Morgan fingerprint density at radius 2 is 1.70 bits per heavy atom. The molecule has 6 rings (SSSR count). The fraction of sp³-hybridized carbons (Fsp3) is 0.406. The van der Waals surface area contributed by atoms with E-state index >= 15 is 0 Å². The minimum Gasteiger partial charge on any atom is -0.508 e. The van der Waals surface area contributed by atoms with Crippen molar-refractivity contribution in [3.8, 4) is 5.75 Å². The van der Waals surface area contributed by atoms with Gasteiger partial charge in [-0.2, -0.15) is 0 Å². The maximum Gasteiger partial charge on any atom is 0.255 e. The van der Waals surface area contributed by atoms with E-state index in [9.17, 15) is 34.8 Å². The summed E-state index contributed by atoms with van der Waals surface area (Å²) in [6.07, 6.45) is 0.346. The van der Waals surface area contributed by atoms with E-state index in [1.54, 1.807) is 14.1 Å². The summed E-state index contributed by atoms with van der Waals surface area (Å²) in [6, 6.07) is 12.4. The largest absolute Gasteiger partial charge is 0.508 e. The number of aliphatic hydroxyl groups is 3. The summed E-state index contributed by atoms with van der Waals surface area (Å²) in [5, 5.41) is 45.1. The first-order chi connectivity index (χ1) is 20.4. The molecule has 11 heteroatoms. The molecule has 0 bridgehead atoms. The number of primary amides is 1. The van der Waals surface area contributed by atoms with E-state index in [0.717, 1.165) is 31.7 Å². The Morgan fingerprint density at radius 3 is 2.33 bits per heavy atom. The Bertz CT molecular complexity index is 1580. The number of carbonyl (C=O) groups excluding carboxylic acids is 3. The van der Waals surface area contributed by atoms with Crippen LogP contribution in [0.5, 0.6) is 5.75 Å². The van der Waals surface area contributed by atoms with Crippen molar-refractivity contribution in [3.05, 3.63) is 76.1 Å². The highest BCUT2D eigenvalue weighted by atomic mass is 16.3. The van der Waals surface area contributed by atoms with Gasteiger partial charge in [0.15, 0.2) is 11.4 Å². The molecule has 0 spiro atoms. The Morgan fingerprint density at radius 1 is 1.02 bits per heavy atom. The van der Waals surface area contributed by atoms with E-state index in [0.29, 0.717) is 12.1 Å². The highest BCUT2D eigenvalue weighted by Crippen LogP contribution is 2.53. The minimum atomic E-state index is -2.64. The summed E-state index contributed by atoms with van der Waals surface area (Å²) >= 11 is 0. The van der Waals surface area contributed by atoms with Crippen molar-refractivity contribution < 1.29 is 34.8 Å². The molecule has 1 saturated heterocycles. The van der Waals surface area contributed by atoms with E-state index in [-0.39, 0.29) is 29.7 Å². The molecule has 4 aliphatic rings. The molecule has 11 nitrogen and oxygen atoms in total. The van der Waals surface area contributed by atoms with Crippen LogP contribution in [0.25, 0.3) is 5.76 Å². The zero-order chi connectivity index (χ0) is 30.8. The van der Waals surface area contributed by atoms with Gasteiger partial charge in [0.2, 0.25) is 5.78 Å². The average molecular weight is 589 g/mol. The number of anilines is 1. The molecule has 0 radical (unpaired) electrons. The lowest BCUT2D eigenvalue weighted by Crippen LogP contribution is -2.65. The van der Waals surface area contributed by atoms with Gasteiger partial charge in [0.1, 0.15) is 22.8 Å². The molecule has 4 atom stereocenters. The lowest BCUT2D eigenvalue weighted by atomic mass is 9.57. The number of phenolic OH excluding ortho intramolecular Hbond substituents is 1. The predicted octanol–water partition coefficient (Wildman–Crippen LogP) is 1.29. The SMILES string of the molecule is CN(C)[C@@H]1C(=O)C(C(N)=O)=C(O)[C@@]2(O)C(=O)C3=C(O)c4c(O)ccc(CN5CCN(c6ccccc6)CC5)c4C[C@H]3C[C@@H]12. The fourth-order valence-electron chi connectivity index (χ4n) is 7.50. The maximum atomic E-state index is 14.0. The number of para-hydroxylation sites is 1. The number of fused-ring (bicyclic) bond motifs is 3.